The van der Waals surface area contributed by atoms with E-state index in [2.05, 4.69) is 5.32 Å². The highest BCUT2D eigenvalue weighted by Crippen LogP contribution is 2.33. The standard InChI is InChI=1S/C21H15ClN2O4/c22-14-7-1-4-10-17(14)27-18-11-5-2-8-15(18)23-20(25)13-24-16-9-3-6-12-19(16)28-21(24)26/h1-12H,13H2,(H,23,25). The number of hydrogen-bond acceptors (Lipinski definition) is 4. The van der Waals surface area contributed by atoms with Gasteiger partial charge >= 0.3 is 5.76 Å². The number of fused-ring (bicyclic) bond motifs is 1. The number of nitrogens with zero attached hydrogens (tertiary/aromatic N) is 1. The minimum Gasteiger partial charge on any atom is -0.454 e. The Morgan fingerprint density at radius 3 is 2.46 bits per heavy atom. The monoisotopic (exact) mass is 394 g/mol. The lowest BCUT2D eigenvalue weighted by molar-refractivity contribution is -0.116. The van der Waals surface area contributed by atoms with Gasteiger partial charge in [0, 0.05) is 0 Å². The first kappa shape index (κ1) is 17.9. The van der Waals surface area contributed by atoms with Crippen molar-refractivity contribution in [2.45, 2.75) is 6.54 Å². The van der Waals surface area contributed by atoms with E-state index >= 15 is 0 Å². The second-order valence-corrected chi connectivity index (χ2v) is 6.41. The predicted molar refractivity (Wildman–Crippen MR) is 107 cm³/mol. The summed E-state index contributed by atoms with van der Waals surface area (Å²) in [5.74, 6) is -0.0583. The maximum absolute atomic E-state index is 12.6. The fourth-order valence-electron chi connectivity index (χ4n) is 2.80. The number of anilines is 1. The van der Waals surface area contributed by atoms with Crippen LogP contribution in [-0.4, -0.2) is 10.5 Å². The van der Waals surface area contributed by atoms with Gasteiger partial charge in [-0.25, -0.2) is 4.79 Å². The second-order valence-electron chi connectivity index (χ2n) is 6.00. The van der Waals surface area contributed by atoms with Crippen molar-refractivity contribution in [2.75, 3.05) is 5.32 Å². The van der Waals surface area contributed by atoms with Gasteiger partial charge in [0.2, 0.25) is 5.91 Å². The molecule has 1 N–H and O–H groups in total. The van der Waals surface area contributed by atoms with Crippen molar-refractivity contribution in [1.82, 2.24) is 4.57 Å². The van der Waals surface area contributed by atoms with Crippen LogP contribution in [-0.2, 0) is 11.3 Å². The van der Waals surface area contributed by atoms with Gasteiger partial charge in [0.25, 0.3) is 0 Å². The van der Waals surface area contributed by atoms with E-state index in [1.807, 2.05) is 0 Å². The molecule has 0 fully saturated rings. The Bertz CT molecular complexity index is 1210. The Morgan fingerprint density at radius 1 is 0.964 bits per heavy atom. The number of amides is 1. The van der Waals surface area contributed by atoms with E-state index < -0.39 is 5.76 Å². The molecule has 1 heterocycles. The summed E-state index contributed by atoms with van der Waals surface area (Å²) in [6, 6.07) is 21.0. The van der Waals surface area contributed by atoms with Gasteiger partial charge in [-0.2, -0.15) is 0 Å². The largest absolute Gasteiger partial charge is 0.454 e. The van der Waals surface area contributed by atoms with Gasteiger partial charge in [0.1, 0.15) is 12.3 Å². The Morgan fingerprint density at radius 2 is 1.64 bits per heavy atom. The van der Waals surface area contributed by atoms with Crippen LogP contribution in [0, 0.1) is 0 Å². The van der Waals surface area contributed by atoms with Crippen LogP contribution < -0.4 is 15.8 Å². The first-order valence-electron chi connectivity index (χ1n) is 8.51. The number of benzene rings is 3. The van der Waals surface area contributed by atoms with E-state index in [9.17, 15) is 9.59 Å². The van der Waals surface area contributed by atoms with Gasteiger partial charge in [-0.3, -0.25) is 9.36 Å². The lowest BCUT2D eigenvalue weighted by Crippen LogP contribution is -2.24. The number of para-hydroxylation sites is 5. The number of rotatable bonds is 5. The van der Waals surface area contributed by atoms with Gasteiger partial charge in [-0.1, -0.05) is 48.0 Å². The first-order valence-corrected chi connectivity index (χ1v) is 8.89. The van der Waals surface area contributed by atoms with Crippen LogP contribution in [0.4, 0.5) is 5.69 Å². The Labute approximate surface area is 164 Å². The average molecular weight is 395 g/mol. The lowest BCUT2D eigenvalue weighted by Gasteiger charge is -2.13. The molecule has 1 aromatic heterocycles. The molecule has 0 saturated heterocycles. The number of carbonyl (C=O) groups excluding carboxylic acids is 1. The molecule has 4 rings (SSSR count). The van der Waals surface area contributed by atoms with E-state index in [4.69, 9.17) is 20.8 Å². The molecule has 140 valence electrons. The number of halogens is 1. The Hall–Kier alpha value is -3.51. The number of aromatic nitrogens is 1. The molecule has 28 heavy (non-hydrogen) atoms. The van der Waals surface area contributed by atoms with Gasteiger partial charge in [0.15, 0.2) is 11.3 Å². The van der Waals surface area contributed by atoms with Crippen molar-refractivity contribution in [3.63, 3.8) is 0 Å². The molecule has 0 saturated carbocycles. The molecule has 0 radical (unpaired) electrons. The van der Waals surface area contributed by atoms with E-state index in [0.717, 1.165) is 0 Å². The van der Waals surface area contributed by atoms with E-state index in [-0.39, 0.29) is 12.5 Å². The molecular weight excluding hydrogens is 380 g/mol. The maximum Gasteiger partial charge on any atom is 0.420 e. The fraction of sp³-hybridized carbons (Fsp3) is 0.0476. The molecule has 0 atom stereocenters. The van der Waals surface area contributed by atoms with E-state index in [0.29, 0.717) is 33.3 Å². The highest BCUT2D eigenvalue weighted by molar-refractivity contribution is 6.32. The number of hydrogen-bond donors (Lipinski definition) is 1. The zero-order valence-corrected chi connectivity index (χ0v) is 15.3. The third kappa shape index (κ3) is 3.63. The minimum absolute atomic E-state index is 0.184. The summed E-state index contributed by atoms with van der Waals surface area (Å²) in [5, 5.41) is 3.23. The summed E-state index contributed by atoms with van der Waals surface area (Å²) in [4.78, 5) is 24.6. The lowest BCUT2D eigenvalue weighted by atomic mass is 10.2. The quantitative estimate of drug-likeness (QED) is 0.533. The molecule has 0 bridgehead atoms. The van der Waals surface area contributed by atoms with Crippen LogP contribution in [0.5, 0.6) is 11.5 Å². The maximum atomic E-state index is 12.6. The number of carbonyl (C=O) groups is 1. The number of oxazole rings is 1. The van der Waals surface area contributed by atoms with Crippen molar-refractivity contribution in [3.05, 3.63) is 88.4 Å². The minimum atomic E-state index is -0.586. The molecule has 0 aliphatic heterocycles. The highest BCUT2D eigenvalue weighted by atomic mass is 35.5. The predicted octanol–water partition coefficient (Wildman–Crippen LogP) is 4.68. The third-order valence-corrected chi connectivity index (χ3v) is 4.41. The SMILES string of the molecule is O=C(Cn1c(=O)oc2ccccc21)Nc1ccccc1Oc1ccccc1Cl. The summed E-state index contributed by atoms with van der Waals surface area (Å²) >= 11 is 6.14. The molecule has 4 aromatic rings. The van der Waals surface area contributed by atoms with Crippen LogP contribution in [0.3, 0.4) is 0 Å². The molecule has 0 aliphatic carbocycles. The molecule has 3 aromatic carbocycles. The molecule has 0 aliphatic rings. The fourth-order valence-corrected chi connectivity index (χ4v) is 2.98. The highest BCUT2D eigenvalue weighted by Gasteiger charge is 2.14. The normalized spacial score (nSPS) is 10.8. The molecule has 1 amide bonds. The number of ether oxygens (including phenoxy) is 1. The zero-order chi connectivity index (χ0) is 19.5. The second kappa shape index (κ2) is 7.62. The molecule has 0 spiro atoms. The smallest absolute Gasteiger partial charge is 0.420 e. The van der Waals surface area contributed by atoms with Gasteiger partial charge in [0.05, 0.1) is 16.2 Å². The van der Waals surface area contributed by atoms with Crippen molar-refractivity contribution in [1.29, 1.82) is 0 Å². The van der Waals surface area contributed by atoms with Crippen LogP contribution >= 0.6 is 11.6 Å². The molecule has 7 heteroatoms. The summed E-state index contributed by atoms with van der Waals surface area (Å²) < 4.78 is 12.3. The topological polar surface area (TPSA) is 73.5 Å². The van der Waals surface area contributed by atoms with E-state index in [1.54, 1.807) is 72.8 Å². The summed E-state index contributed by atoms with van der Waals surface area (Å²) in [6.07, 6.45) is 0. The van der Waals surface area contributed by atoms with Crippen molar-refractivity contribution in [2.24, 2.45) is 0 Å². The van der Waals surface area contributed by atoms with Crippen LogP contribution in [0.2, 0.25) is 5.02 Å². The van der Waals surface area contributed by atoms with Gasteiger partial charge < -0.3 is 14.5 Å². The first-order chi connectivity index (χ1) is 13.6. The molecule has 6 nitrogen and oxygen atoms in total. The number of nitrogens with one attached hydrogen (secondary N) is 1. The summed E-state index contributed by atoms with van der Waals surface area (Å²) in [7, 11) is 0. The van der Waals surface area contributed by atoms with Gasteiger partial charge in [-0.05, 0) is 36.4 Å². The van der Waals surface area contributed by atoms with E-state index in [1.165, 1.54) is 4.57 Å². The molecule has 0 unspecified atom stereocenters. The average Bonchev–Trinajstić information content (AvgIpc) is 3.00. The zero-order valence-electron chi connectivity index (χ0n) is 14.6. The Balaban J connectivity index is 1.56. The summed E-state index contributed by atoms with van der Waals surface area (Å²) in [6.45, 7) is -0.184. The van der Waals surface area contributed by atoms with Crippen molar-refractivity contribution >= 4 is 34.3 Å². The van der Waals surface area contributed by atoms with Gasteiger partial charge in [-0.15, -0.1) is 0 Å². The van der Waals surface area contributed by atoms with Crippen molar-refractivity contribution < 1.29 is 13.9 Å². The summed E-state index contributed by atoms with van der Waals surface area (Å²) in [5.41, 5.74) is 1.46. The molecular formula is C21H15ClN2O4. The van der Waals surface area contributed by atoms with Crippen LogP contribution in [0.25, 0.3) is 11.1 Å². The third-order valence-electron chi connectivity index (χ3n) is 4.09. The van der Waals surface area contributed by atoms with Crippen LogP contribution in [0.1, 0.15) is 0 Å². The Kier molecular flexibility index (Phi) is 4.87. The van der Waals surface area contributed by atoms with Crippen LogP contribution in [0.15, 0.2) is 82.0 Å². The van der Waals surface area contributed by atoms with Crippen molar-refractivity contribution in [3.8, 4) is 11.5 Å².